The molecule has 6 heteroatoms. The van der Waals surface area contributed by atoms with Crippen LogP contribution in [0.15, 0.2) is 41.6 Å². The van der Waals surface area contributed by atoms with Gasteiger partial charge in [0.25, 0.3) is 0 Å². The first-order valence-electron chi connectivity index (χ1n) is 7.07. The van der Waals surface area contributed by atoms with E-state index < -0.39 is 10.0 Å². The third-order valence-electron chi connectivity index (χ3n) is 3.78. The van der Waals surface area contributed by atoms with Crippen molar-refractivity contribution in [3.05, 3.63) is 36.7 Å². The topological polar surface area (TPSA) is 62.3 Å². The van der Waals surface area contributed by atoms with Crippen molar-refractivity contribution in [3.63, 3.8) is 0 Å². The molecule has 1 N–H and O–H groups in total. The van der Waals surface area contributed by atoms with Crippen LogP contribution in [0, 0.1) is 0 Å². The monoisotopic (exact) mass is 305 g/mol. The van der Waals surface area contributed by atoms with Gasteiger partial charge in [-0.25, -0.2) is 8.42 Å². The lowest BCUT2D eigenvalue weighted by atomic mass is 10.2. The second-order valence-corrected chi connectivity index (χ2v) is 7.55. The molecule has 5 nitrogen and oxygen atoms in total. The first kappa shape index (κ1) is 14.4. The van der Waals surface area contributed by atoms with Crippen LogP contribution in [-0.2, 0) is 10.0 Å². The molecule has 0 bridgehead atoms. The van der Waals surface area contributed by atoms with E-state index in [4.69, 9.17) is 0 Å². The van der Waals surface area contributed by atoms with Gasteiger partial charge in [0.15, 0.2) is 0 Å². The molecule has 0 aliphatic carbocycles. The fourth-order valence-corrected chi connectivity index (χ4v) is 4.76. The molecule has 1 saturated heterocycles. The Morgan fingerprint density at radius 1 is 1.19 bits per heavy atom. The third kappa shape index (κ3) is 2.66. The highest BCUT2D eigenvalue weighted by Gasteiger charge is 2.32. The largest absolute Gasteiger partial charge is 0.309 e. The maximum atomic E-state index is 13.0. The van der Waals surface area contributed by atoms with Crippen LogP contribution in [0.3, 0.4) is 0 Å². The Morgan fingerprint density at radius 3 is 2.62 bits per heavy atom. The third-order valence-corrected chi connectivity index (χ3v) is 5.67. The second-order valence-electron chi connectivity index (χ2n) is 5.64. The number of hydrogen-bond donors (Lipinski definition) is 1. The van der Waals surface area contributed by atoms with Gasteiger partial charge < -0.3 is 5.32 Å². The van der Waals surface area contributed by atoms with Crippen molar-refractivity contribution < 1.29 is 8.42 Å². The first-order valence-corrected chi connectivity index (χ1v) is 8.51. The van der Waals surface area contributed by atoms with Gasteiger partial charge >= 0.3 is 0 Å². The Labute approximate surface area is 125 Å². The number of benzene rings is 1. The summed E-state index contributed by atoms with van der Waals surface area (Å²) in [6, 6.07) is 7.39. The molecular weight excluding hydrogens is 286 g/mol. The number of pyridine rings is 1. The molecule has 1 fully saturated rings. The molecule has 112 valence electrons. The molecule has 2 unspecified atom stereocenters. The number of aromatic nitrogens is 1. The van der Waals surface area contributed by atoms with Gasteiger partial charge in [0, 0.05) is 48.3 Å². The van der Waals surface area contributed by atoms with Gasteiger partial charge in [-0.2, -0.15) is 4.31 Å². The molecule has 0 radical (unpaired) electrons. The Hall–Kier alpha value is -1.50. The van der Waals surface area contributed by atoms with Crippen LogP contribution in [-0.4, -0.2) is 42.9 Å². The highest BCUT2D eigenvalue weighted by atomic mass is 32.2. The Bertz CT molecular complexity index is 745. The van der Waals surface area contributed by atoms with E-state index in [2.05, 4.69) is 10.3 Å². The van der Waals surface area contributed by atoms with Crippen molar-refractivity contribution in [2.75, 3.05) is 13.1 Å². The smallest absolute Gasteiger partial charge is 0.243 e. The summed E-state index contributed by atoms with van der Waals surface area (Å²) in [6.45, 7) is 5.00. The van der Waals surface area contributed by atoms with Gasteiger partial charge in [-0.05, 0) is 26.0 Å². The molecule has 2 atom stereocenters. The van der Waals surface area contributed by atoms with Crippen LogP contribution >= 0.6 is 0 Å². The van der Waals surface area contributed by atoms with Crippen molar-refractivity contribution in [2.24, 2.45) is 0 Å². The van der Waals surface area contributed by atoms with E-state index in [0.717, 1.165) is 10.8 Å². The van der Waals surface area contributed by atoms with E-state index in [9.17, 15) is 8.42 Å². The van der Waals surface area contributed by atoms with Crippen molar-refractivity contribution in [1.29, 1.82) is 0 Å². The quantitative estimate of drug-likeness (QED) is 0.915. The lowest BCUT2D eigenvalue weighted by molar-refractivity contribution is 0.263. The molecule has 0 amide bonds. The van der Waals surface area contributed by atoms with Gasteiger partial charge in [-0.1, -0.05) is 12.1 Å². The normalized spacial score (nSPS) is 24.3. The van der Waals surface area contributed by atoms with Gasteiger partial charge in [-0.15, -0.1) is 0 Å². The van der Waals surface area contributed by atoms with Crippen molar-refractivity contribution >= 4 is 20.8 Å². The number of sulfonamides is 1. The average molecular weight is 305 g/mol. The summed E-state index contributed by atoms with van der Waals surface area (Å²) in [6.07, 6.45) is 3.32. The fraction of sp³-hybridized carbons (Fsp3) is 0.400. The van der Waals surface area contributed by atoms with Gasteiger partial charge in [0.2, 0.25) is 10.0 Å². The minimum Gasteiger partial charge on any atom is -0.309 e. The highest BCUT2D eigenvalue weighted by molar-refractivity contribution is 7.89. The Kier molecular flexibility index (Phi) is 3.69. The second kappa shape index (κ2) is 5.36. The maximum absolute atomic E-state index is 13.0. The van der Waals surface area contributed by atoms with Crippen molar-refractivity contribution in [2.45, 2.75) is 30.8 Å². The molecule has 2 aromatic rings. The van der Waals surface area contributed by atoms with Crippen molar-refractivity contribution in [1.82, 2.24) is 14.6 Å². The summed E-state index contributed by atoms with van der Waals surface area (Å²) in [7, 11) is -3.49. The summed E-state index contributed by atoms with van der Waals surface area (Å²) < 4.78 is 27.5. The lowest BCUT2D eigenvalue weighted by Gasteiger charge is -2.35. The molecular formula is C15H19N3O2S. The molecule has 0 spiro atoms. The van der Waals surface area contributed by atoms with Crippen LogP contribution < -0.4 is 5.32 Å². The molecule has 1 aliphatic rings. The van der Waals surface area contributed by atoms with Crippen LogP contribution in [0.2, 0.25) is 0 Å². The summed E-state index contributed by atoms with van der Waals surface area (Å²) >= 11 is 0. The van der Waals surface area contributed by atoms with Crippen LogP contribution in [0.25, 0.3) is 10.8 Å². The van der Waals surface area contributed by atoms with Gasteiger partial charge in [0.1, 0.15) is 0 Å². The van der Waals surface area contributed by atoms with E-state index >= 15 is 0 Å². The van der Waals surface area contributed by atoms with Gasteiger partial charge in [0.05, 0.1) is 4.90 Å². The van der Waals surface area contributed by atoms with E-state index in [1.165, 1.54) is 0 Å². The fourth-order valence-electron chi connectivity index (χ4n) is 2.93. The van der Waals surface area contributed by atoms with Crippen LogP contribution in [0.5, 0.6) is 0 Å². The minimum atomic E-state index is -3.49. The molecule has 1 aromatic carbocycles. The van der Waals surface area contributed by atoms with Crippen LogP contribution in [0.1, 0.15) is 13.8 Å². The molecule has 2 heterocycles. The van der Waals surface area contributed by atoms with E-state index in [-0.39, 0.29) is 12.1 Å². The van der Waals surface area contributed by atoms with E-state index in [0.29, 0.717) is 18.0 Å². The first-order chi connectivity index (χ1) is 9.98. The molecule has 1 aliphatic heterocycles. The Balaban J connectivity index is 2.08. The van der Waals surface area contributed by atoms with Crippen LogP contribution in [0.4, 0.5) is 0 Å². The molecule has 21 heavy (non-hydrogen) atoms. The number of fused-ring (bicyclic) bond motifs is 1. The highest BCUT2D eigenvalue weighted by Crippen LogP contribution is 2.26. The zero-order valence-electron chi connectivity index (χ0n) is 12.2. The maximum Gasteiger partial charge on any atom is 0.243 e. The minimum absolute atomic E-state index is 0.153. The molecule has 1 aromatic heterocycles. The average Bonchev–Trinajstić information content (AvgIpc) is 2.45. The summed E-state index contributed by atoms with van der Waals surface area (Å²) in [5.41, 5.74) is 0. The van der Waals surface area contributed by atoms with E-state index in [1.807, 2.05) is 19.9 Å². The number of nitrogens with one attached hydrogen (secondary N) is 1. The summed E-state index contributed by atoms with van der Waals surface area (Å²) in [5, 5.41) is 4.92. The summed E-state index contributed by atoms with van der Waals surface area (Å²) in [4.78, 5) is 4.42. The molecule has 3 rings (SSSR count). The standard InChI is InChI=1S/C15H19N3O2S/c1-11-9-18(10-12(2)17-11)21(19,20)15-5-3-4-13-8-16-7-6-14(13)15/h3-8,11-12,17H,9-10H2,1-2H3. The summed E-state index contributed by atoms with van der Waals surface area (Å²) in [5.74, 6) is 0. The number of hydrogen-bond acceptors (Lipinski definition) is 4. The predicted octanol–water partition coefficient (Wildman–Crippen LogP) is 1.61. The zero-order valence-corrected chi connectivity index (χ0v) is 13.0. The Morgan fingerprint density at radius 2 is 1.90 bits per heavy atom. The number of piperazine rings is 1. The number of nitrogens with zero attached hydrogens (tertiary/aromatic N) is 2. The predicted molar refractivity (Wildman–Crippen MR) is 82.6 cm³/mol. The van der Waals surface area contributed by atoms with E-state index in [1.54, 1.807) is 34.9 Å². The number of rotatable bonds is 2. The van der Waals surface area contributed by atoms with Gasteiger partial charge in [-0.3, -0.25) is 4.98 Å². The molecule has 0 saturated carbocycles. The lowest BCUT2D eigenvalue weighted by Crippen LogP contribution is -2.55. The van der Waals surface area contributed by atoms with Crippen molar-refractivity contribution in [3.8, 4) is 0 Å². The SMILES string of the molecule is CC1CN(S(=O)(=O)c2cccc3cnccc23)CC(C)N1. The zero-order chi connectivity index (χ0) is 15.0.